The van der Waals surface area contributed by atoms with Crippen LogP contribution in [0.3, 0.4) is 0 Å². The van der Waals surface area contributed by atoms with Gasteiger partial charge in [0, 0.05) is 13.0 Å². The summed E-state index contributed by atoms with van der Waals surface area (Å²) in [5, 5.41) is 0. The van der Waals surface area contributed by atoms with E-state index in [-0.39, 0.29) is 16.4 Å². The van der Waals surface area contributed by atoms with E-state index in [1.54, 1.807) is 23.1 Å². The average molecular weight is 378 g/mol. The fourth-order valence-corrected chi connectivity index (χ4v) is 4.00. The van der Waals surface area contributed by atoms with Gasteiger partial charge in [-0.15, -0.1) is 0 Å². The van der Waals surface area contributed by atoms with Gasteiger partial charge in [-0.3, -0.25) is 9.52 Å². The second-order valence-electron chi connectivity index (χ2n) is 6.05. The zero-order valence-electron chi connectivity index (χ0n) is 14.5. The average Bonchev–Trinajstić information content (AvgIpc) is 3.02. The van der Waals surface area contributed by atoms with Gasteiger partial charge in [0.1, 0.15) is 11.6 Å². The lowest BCUT2D eigenvalue weighted by molar-refractivity contribution is -0.117. The third-order valence-corrected chi connectivity index (χ3v) is 5.61. The molecule has 6 nitrogen and oxygen atoms in total. The van der Waals surface area contributed by atoms with Gasteiger partial charge in [0.05, 0.1) is 23.4 Å². The maximum Gasteiger partial charge on any atom is 0.261 e. The number of ether oxygens (including phenoxy) is 1. The number of nitrogens with one attached hydrogen (secondary N) is 1. The van der Waals surface area contributed by atoms with Gasteiger partial charge in [-0.2, -0.15) is 0 Å². The van der Waals surface area contributed by atoms with E-state index in [0.717, 1.165) is 12.5 Å². The van der Waals surface area contributed by atoms with E-state index in [4.69, 9.17) is 4.74 Å². The number of benzene rings is 2. The minimum atomic E-state index is -3.89. The molecule has 138 valence electrons. The molecule has 1 saturated heterocycles. The van der Waals surface area contributed by atoms with Crippen LogP contribution in [0.2, 0.25) is 0 Å². The van der Waals surface area contributed by atoms with Crippen molar-refractivity contribution >= 4 is 27.3 Å². The predicted octanol–water partition coefficient (Wildman–Crippen LogP) is 3.07. The molecule has 1 aliphatic heterocycles. The Bertz CT molecular complexity index is 960. The van der Waals surface area contributed by atoms with E-state index in [0.29, 0.717) is 30.1 Å². The van der Waals surface area contributed by atoms with Crippen LogP contribution < -0.4 is 14.4 Å². The molecule has 1 amide bonds. The molecule has 1 fully saturated rings. The molecule has 0 saturated carbocycles. The largest absolute Gasteiger partial charge is 0.495 e. The van der Waals surface area contributed by atoms with Crippen LogP contribution in [0.4, 0.5) is 15.8 Å². The van der Waals surface area contributed by atoms with Crippen molar-refractivity contribution in [2.24, 2.45) is 0 Å². The molecule has 0 unspecified atom stereocenters. The first-order valence-electron chi connectivity index (χ1n) is 8.09. The highest BCUT2D eigenvalue weighted by Crippen LogP contribution is 2.34. The first kappa shape index (κ1) is 18.2. The molecule has 2 aromatic rings. The fourth-order valence-electron chi connectivity index (χ4n) is 2.87. The van der Waals surface area contributed by atoms with Gasteiger partial charge in [0.25, 0.3) is 10.0 Å². The van der Waals surface area contributed by atoms with Crippen molar-refractivity contribution in [1.29, 1.82) is 0 Å². The van der Waals surface area contributed by atoms with Gasteiger partial charge >= 0.3 is 0 Å². The third kappa shape index (κ3) is 3.50. The van der Waals surface area contributed by atoms with Crippen LogP contribution >= 0.6 is 0 Å². The van der Waals surface area contributed by atoms with E-state index in [1.165, 1.54) is 26.2 Å². The highest BCUT2D eigenvalue weighted by atomic mass is 32.2. The molecule has 3 rings (SSSR count). The van der Waals surface area contributed by atoms with Crippen molar-refractivity contribution in [3.05, 3.63) is 47.8 Å². The number of anilines is 2. The van der Waals surface area contributed by atoms with Crippen molar-refractivity contribution in [3.63, 3.8) is 0 Å². The molecule has 1 heterocycles. The number of hydrogen-bond acceptors (Lipinski definition) is 4. The van der Waals surface area contributed by atoms with E-state index in [1.807, 2.05) is 0 Å². The Hall–Kier alpha value is -2.61. The van der Waals surface area contributed by atoms with Gasteiger partial charge < -0.3 is 9.64 Å². The minimum Gasteiger partial charge on any atom is -0.495 e. The molecule has 0 aliphatic carbocycles. The number of rotatable bonds is 5. The van der Waals surface area contributed by atoms with E-state index >= 15 is 0 Å². The first-order chi connectivity index (χ1) is 12.3. The number of carbonyl (C=O) groups is 1. The summed E-state index contributed by atoms with van der Waals surface area (Å²) in [7, 11) is -2.40. The van der Waals surface area contributed by atoms with Crippen molar-refractivity contribution in [2.75, 3.05) is 23.3 Å². The topological polar surface area (TPSA) is 75.7 Å². The lowest BCUT2D eigenvalue weighted by Crippen LogP contribution is -2.24. The summed E-state index contributed by atoms with van der Waals surface area (Å²) < 4.78 is 46.3. The van der Waals surface area contributed by atoms with E-state index in [9.17, 15) is 17.6 Å². The molecule has 26 heavy (non-hydrogen) atoms. The van der Waals surface area contributed by atoms with Gasteiger partial charge in [-0.05, 0) is 55.3 Å². The molecule has 8 heteroatoms. The van der Waals surface area contributed by atoms with Crippen molar-refractivity contribution in [3.8, 4) is 5.75 Å². The van der Waals surface area contributed by atoms with Crippen LogP contribution in [-0.4, -0.2) is 28.0 Å². The molecule has 0 aromatic heterocycles. The number of methoxy groups -OCH3 is 1. The summed E-state index contributed by atoms with van der Waals surface area (Å²) in [6.07, 6.45) is 1.20. The van der Waals surface area contributed by atoms with Crippen LogP contribution in [0.1, 0.15) is 18.4 Å². The summed E-state index contributed by atoms with van der Waals surface area (Å²) in [5.74, 6) is -0.0125. The molecule has 0 radical (unpaired) electrons. The molecule has 1 aliphatic rings. The Balaban J connectivity index is 1.94. The van der Waals surface area contributed by atoms with Gasteiger partial charge in [-0.25, -0.2) is 12.8 Å². The van der Waals surface area contributed by atoms with Gasteiger partial charge in [-0.1, -0.05) is 0 Å². The Kier molecular flexibility index (Phi) is 4.86. The molecular weight excluding hydrogens is 359 g/mol. The van der Waals surface area contributed by atoms with Crippen LogP contribution in [0.25, 0.3) is 0 Å². The number of halogens is 1. The van der Waals surface area contributed by atoms with Crippen LogP contribution in [0, 0.1) is 12.7 Å². The van der Waals surface area contributed by atoms with E-state index < -0.39 is 15.8 Å². The first-order valence-corrected chi connectivity index (χ1v) is 9.57. The van der Waals surface area contributed by atoms with Crippen molar-refractivity contribution in [1.82, 2.24) is 0 Å². The molecule has 0 bridgehead atoms. The number of nitrogens with zero attached hydrogens (tertiary/aromatic N) is 1. The van der Waals surface area contributed by atoms with Crippen LogP contribution in [0.15, 0.2) is 41.3 Å². The molecule has 1 N–H and O–H groups in total. The van der Waals surface area contributed by atoms with Crippen molar-refractivity contribution in [2.45, 2.75) is 24.7 Å². The van der Waals surface area contributed by atoms with Crippen LogP contribution in [0.5, 0.6) is 5.75 Å². The highest BCUT2D eigenvalue weighted by molar-refractivity contribution is 7.92. The second kappa shape index (κ2) is 6.95. The summed E-state index contributed by atoms with van der Waals surface area (Å²) >= 11 is 0. The molecule has 2 aromatic carbocycles. The van der Waals surface area contributed by atoms with Gasteiger partial charge in [0.15, 0.2) is 0 Å². The molecule has 0 spiro atoms. The Morgan fingerprint density at radius 3 is 2.58 bits per heavy atom. The normalized spacial score (nSPS) is 14.6. The SMILES string of the molecule is COc1ccc(NS(=O)(=O)c2ccc(F)c(C)c2)cc1N1CCCC1=O. The predicted molar refractivity (Wildman–Crippen MR) is 96.5 cm³/mol. The number of hydrogen-bond donors (Lipinski definition) is 1. The number of amides is 1. The smallest absolute Gasteiger partial charge is 0.261 e. The number of sulfonamides is 1. The van der Waals surface area contributed by atoms with E-state index in [2.05, 4.69) is 4.72 Å². The minimum absolute atomic E-state index is 0.0301. The Morgan fingerprint density at radius 2 is 1.96 bits per heavy atom. The number of aryl methyl sites for hydroxylation is 1. The summed E-state index contributed by atoms with van der Waals surface area (Å²) in [6, 6.07) is 8.32. The second-order valence-corrected chi connectivity index (χ2v) is 7.73. The zero-order valence-corrected chi connectivity index (χ0v) is 15.3. The summed E-state index contributed by atoms with van der Waals surface area (Å²) in [5.41, 5.74) is 1.05. The zero-order chi connectivity index (χ0) is 18.9. The standard InChI is InChI=1S/C18H19FN2O4S/c1-12-10-14(6-7-15(12)19)26(23,24)20-13-5-8-17(25-2)16(11-13)21-9-3-4-18(21)22/h5-8,10-11,20H,3-4,9H2,1-2H3. The van der Waals surface area contributed by atoms with Crippen LogP contribution in [-0.2, 0) is 14.8 Å². The maximum absolute atomic E-state index is 13.4. The fraction of sp³-hybridized carbons (Fsp3) is 0.278. The number of carbonyl (C=O) groups excluding carboxylic acids is 1. The van der Waals surface area contributed by atoms with Gasteiger partial charge in [0.2, 0.25) is 5.91 Å². The lowest BCUT2D eigenvalue weighted by atomic mass is 10.2. The Morgan fingerprint density at radius 1 is 1.19 bits per heavy atom. The Labute approximate surface area is 151 Å². The summed E-state index contributed by atoms with van der Waals surface area (Å²) in [6.45, 7) is 2.06. The molecule has 0 atom stereocenters. The highest BCUT2D eigenvalue weighted by Gasteiger charge is 2.25. The van der Waals surface area contributed by atoms with Crippen molar-refractivity contribution < 1.29 is 22.3 Å². The maximum atomic E-state index is 13.4. The monoisotopic (exact) mass is 378 g/mol. The lowest BCUT2D eigenvalue weighted by Gasteiger charge is -2.20. The summed E-state index contributed by atoms with van der Waals surface area (Å²) in [4.78, 5) is 13.6. The quantitative estimate of drug-likeness (QED) is 0.868. The third-order valence-electron chi connectivity index (χ3n) is 4.23. The molecular formula is C18H19FN2O4S.